The molecular weight excluding hydrogens is 484 g/mol. The lowest BCUT2D eigenvalue weighted by atomic mass is 9.95. The number of ether oxygens (including phenoxy) is 1. The first-order valence-electron chi connectivity index (χ1n) is 11.1. The molecule has 3 aromatic rings. The largest absolute Gasteiger partial charge is 0.507 e. The maximum Gasteiger partial charge on any atom is 0.342 e. The van der Waals surface area contributed by atoms with E-state index < -0.39 is 22.1 Å². The molecule has 0 radical (unpaired) electrons. The van der Waals surface area contributed by atoms with Crippen LogP contribution in [0.3, 0.4) is 0 Å². The number of fused-ring (bicyclic) bond motifs is 1. The second-order valence-corrected chi connectivity index (χ2v) is 10.1. The summed E-state index contributed by atoms with van der Waals surface area (Å²) in [6, 6.07) is 10.9. The molecule has 0 amide bonds. The molecule has 0 fully saturated rings. The number of hydrogen-bond donors (Lipinski definition) is 2. The zero-order valence-corrected chi connectivity index (χ0v) is 20.7. The summed E-state index contributed by atoms with van der Waals surface area (Å²) in [6.45, 7) is 5.07. The number of aromatic carboxylic acids is 1. The summed E-state index contributed by atoms with van der Waals surface area (Å²) in [5, 5.41) is 20.5. The number of aromatic hydroxyl groups is 1. The van der Waals surface area contributed by atoms with Gasteiger partial charge in [-0.25, -0.2) is 9.59 Å². The Balaban J connectivity index is 1.81. The van der Waals surface area contributed by atoms with E-state index in [-0.39, 0.29) is 46.1 Å². The maximum absolute atomic E-state index is 13.1. The van der Waals surface area contributed by atoms with Gasteiger partial charge in [0.05, 0.1) is 5.56 Å². The molecule has 9 heteroatoms. The summed E-state index contributed by atoms with van der Waals surface area (Å²) in [4.78, 5) is 24.1. The van der Waals surface area contributed by atoms with E-state index in [1.54, 1.807) is 50.3 Å². The van der Waals surface area contributed by atoms with Gasteiger partial charge in [-0.05, 0) is 62.1 Å². The van der Waals surface area contributed by atoms with Gasteiger partial charge in [0.1, 0.15) is 22.8 Å². The van der Waals surface area contributed by atoms with Crippen LogP contribution in [0, 0.1) is 20.8 Å². The van der Waals surface area contributed by atoms with Gasteiger partial charge in [-0.2, -0.15) is 8.42 Å². The molecule has 0 aliphatic carbocycles. The summed E-state index contributed by atoms with van der Waals surface area (Å²) < 4.78 is 36.8. The van der Waals surface area contributed by atoms with E-state index in [2.05, 4.69) is 0 Å². The first kappa shape index (κ1) is 25.0. The molecule has 0 spiro atoms. The van der Waals surface area contributed by atoms with E-state index in [4.69, 9.17) is 8.92 Å². The van der Waals surface area contributed by atoms with Gasteiger partial charge in [-0.15, -0.1) is 0 Å². The minimum Gasteiger partial charge on any atom is -0.507 e. The zero-order chi connectivity index (χ0) is 26.2. The normalized spacial score (nSPS) is 13.0. The topological polar surface area (TPSA) is 127 Å². The smallest absolute Gasteiger partial charge is 0.342 e. The lowest BCUT2D eigenvalue weighted by Gasteiger charge is -2.17. The van der Waals surface area contributed by atoms with Crippen molar-refractivity contribution in [3.8, 4) is 11.5 Å². The van der Waals surface area contributed by atoms with Crippen molar-refractivity contribution < 1.29 is 37.1 Å². The summed E-state index contributed by atoms with van der Waals surface area (Å²) in [5.74, 6) is -2.37. The van der Waals surface area contributed by atoms with Crippen molar-refractivity contribution in [1.82, 2.24) is 0 Å². The highest BCUT2D eigenvalue weighted by Gasteiger charge is 2.35. The first-order chi connectivity index (χ1) is 17.0. The van der Waals surface area contributed by atoms with Crippen LogP contribution in [0.4, 0.5) is 0 Å². The predicted octanol–water partition coefficient (Wildman–Crippen LogP) is 4.71. The molecule has 0 bridgehead atoms. The highest BCUT2D eigenvalue weighted by Crippen LogP contribution is 2.43. The minimum absolute atomic E-state index is 0.0423. The summed E-state index contributed by atoms with van der Waals surface area (Å²) in [7, 11) is -4.35. The Labute approximate surface area is 208 Å². The highest BCUT2D eigenvalue weighted by atomic mass is 32.2. The minimum atomic E-state index is -4.35. The van der Waals surface area contributed by atoms with E-state index >= 15 is 0 Å². The van der Waals surface area contributed by atoms with E-state index in [1.807, 2.05) is 6.92 Å². The van der Waals surface area contributed by atoms with E-state index in [0.29, 0.717) is 16.7 Å². The van der Waals surface area contributed by atoms with Crippen LogP contribution >= 0.6 is 0 Å². The van der Waals surface area contributed by atoms with E-state index in [9.17, 15) is 28.2 Å². The molecule has 3 aromatic carbocycles. The van der Waals surface area contributed by atoms with Gasteiger partial charge < -0.3 is 19.1 Å². The number of aryl methyl sites for hydroxylation is 2. The van der Waals surface area contributed by atoms with Crippen LogP contribution in [0.5, 0.6) is 11.5 Å². The van der Waals surface area contributed by atoms with Crippen molar-refractivity contribution in [2.75, 3.05) is 0 Å². The van der Waals surface area contributed by atoms with Gasteiger partial charge in [0.15, 0.2) is 5.75 Å². The second kappa shape index (κ2) is 9.50. The van der Waals surface area contributed by atoms with Crippen LogP contribution in [0.2, 0.25) is 0 Å². The number of carbonyl (C=O) groups excluding carboxylic acids is 1. The Morgan fingerprint density at radius 3 is 2.47 bits per heavy atom. The number of hydrogen-bond acceptors (Lipinski definition) is 7. The van der Waals surface area contributed by atoms with Crippen LogP contribution < -0.4 is 4.18 Å². The van der Waals surface area contributed by atoms with Crippen molar-refractivity contribution in [2.45, 2.75) is 38.7 Å². The van der Waals surface area contributed by atoms with Crippen LogP contribution in [0.25, 0.3) is 6.08 Å². The van der Waals surface area contributed by atoms with Crippen molar-refractivity contribution >= 4 is 28.1 Å². The molecule has 1 heterocycles. The predicted molar refractivity (Wildman–Crippen MR) is 132 cm³/mol. The highest BCUT2D eigenvalue weighted by molar-refractivity contribution is 7.87. The average Bonchev–Trinajstić information content (AvgIpc) is 3.21. The first-order valence-corrected chi connectivity index (χ1v) is 12.5. The molecule has 1 aliphatic rings. The molecule has 36 heavy (non-hydrogen) atoms. The van der Waals surface area contributed by atoms with Crippen molar-refractivity contribution in [3.05, 3.63) is 93.0 Å². The van der Waals surface area contributed by atoms with Gasteiger partial charge in [0.25, 0.3) is 0 Å². The summed E-state index contributed by atoms with van der Waals surface area (Å²) in [5.41, 5.74) is 2.90. The number of carbonyl (C=O) groups is 2. The zero-order valence-electron chi connectivity index (χ0n) is 19.9. The van der Waals surface area contributed by atoms with Gasteiger partial charge in [0, 0.05) is 11.1 Å². The third-order valence-electron chi connectivity index (χ3n) is 6.11. The van der Waals surface area contributed by atoms with Gasteiger partial charge in [-0.1, -0.05) is 42.0 Å². The lowest BCUT2D eigenvalue weighted by molar-refractivity contribution is 0.0533. The van der Waals surface area contributed by atoms with Crippen LogP contribution in [0.15, 0.2) is 53.4 Å². The monoisotopic (exact) mass is 508 g/mol. The van der Waals surface area contributed by atoms with Crippen LogP contribution in [-0.2, 0) is 27.9 Å². The maximum atomic E-state index is 13.1. The second-order valence-electron chi connectivity index (χ2n) is 8.51. The SMILES string of the molecule is Cc1ccc(S(=O)(=O)Oc2c(C/C=C/c3c(C)cccc3C(=O)O)c(O)c(C)c3c2C(=O)OC3)cc1. The Morgan fingerprint density at radius 2 is 1.81 bits per heavy atom. The molecule has 8 nitrogen and oxygen atoms in total. The van der Waals surface area contributed by atoms with Crippen LogP contribution in [0.1, 0.15) is 54.1 Å². The van der Waals surface area contributed by atoms with E-state index in [0.717, 1.165) is 11.1 Å². The third kappa shape index (κ3) is 4.57. The molecule has 186 valence electrons. The Bertz CT molecular complexity index is 1520. The standard InChI is InChI=1S/C27H24O8S/c1-15-10-12-18(13-11-15)36(32,33)35-25-21(24(28)17(3)22-14-34-27(31)23(22)25)9-5-7-19-16(2)6-4-8-20(19)26(29)30/h4-8,10-13,28H,9,14H2,1-3H3,(H,29,30)/b7-5+. The molecular formula is C27H24O8S. The van der Waals surface area contributed by atoms with E-state index in [1.165, 1.54) is 18.2 Å². The molecule has 0 saturated heterocycles. The van der Waals surface area contributed by atoms with Gasteiger partial charge in [-0.3, -0.25) is 0 Å². The summed E-state index contributed by atoms with van der Waals surface area (Å²) >= 11 is 0. The number of rotatable bonds is 7. The fourth-order valence-electron chi connectivity index (χ4n) is 4.09. The van der Waals surface area contributed by atoms with Gasteiger partial charge >= 0.3 is 22.1 Å². The quantitative estimate of drug-likeness (QED) is 0.347. The Morgan fingerprint density at radius 1 is 1.11 bits per heavy atom. The molecule has 0 aromatic heterocycles. The average molecular weight is 509 g/mol. The number of esters is 1. The number of cyclic esters (lactones) is 1. The third-order valence-corrected chi connectivity index (χ3v) is 7.35. The number of carboxylic acid groups (broad SMARTS) is 1. The van der Waals surface area contributed by atoms with Crippen LogP contribution in [-0.4, -0.2) is 30.6 Å². The number of carboxylic acids is 1. The molecule has 0 unspecified atom stereocenters. The number of allylic oxidation sites excluding steroid dienone is 1. The Kier molecular flexibility index (Phi) is 6.60. The molecule has 2 N–H and O–H groups in total. The molecule has 0 atom stereocenters. The number of benzene rings is 3. The van der Waals surface area contributed by atoms with Crippen molar-refractivity contribution in [3.63, 3.8) is 0 Å². The number of phenolic OH excluding ortho intramolecular Hbond substituents is 1. The van der Waals surface area contributed by atoms with Gasteiger partial charge in [0.2, 0.25) is 0 Å². The molecule has 4 rings (SSSR count). The van der Waals surface area contributed by atoms with Crippen molar-refractivity contribution in [2.24, 2.45) is 0 Å². The number of phenols is 1. The lowest BCUT2D eigenvalue weighted by Crippen LogP contribution is -2.14. The Hall–Kier alpha value is -4.11. The fraction of sp³-hybridized carbons (Fsp3) is 0.185. The molecule has 1 aliphatic heterocycles. The molecule has 0 saturated carbocycles. The fourth-order valence-corrected chi connectivity index (χ4v) is 5.05. The van der Waals surface area contributed by atoms with Crippen molar-refractivity contribution in [1.29, 1.82) is 0 Å². The summed E-state index contributed by atoms with van der Waals surface area (Å²) in [6.07, 6.45) is 3.12.